The number of aryl methyl sites for hydroxylation is 1. The van der Waals surface area contributed by atoms with Crippen molar-refractivity contribution in [2.75, 3.05) is 11.5 Å². The van der Waals surface area contributed by atoms with E-state index in [1.165, 1.54) is 0 Å². The molecule has 17 heavy (non-hydrogen) atoms. The van der Waals surface area contributed by atoms with Gasteiger partial charge in [-0.2, -0.15) is 0 Å². The first-order valence-corrected chi connectivity index (χ1v) is 7.82. The van der Waals surface area contributed by atoms with Crippen LogP contribution in [0.4, 0.5) is 0 Å². The standard InChI is InChI=1S/C11H19N3O2S/c1-2-5-14-6-4-13-11(14)10(12)9-3-7-17(15,16)8-9/h4,6,9-10H,2-3,5,7-8,12H2,1H3. The minimum atomic E-state index is -2.87. The molecule has 0 saturated carbocycles. The van der Waals surface area contributed by atoms with Gasteiger partial charge < -0.3 is 10.3 Å². The zero-order valence-electron chi connectivity index (χ0n) is 10.0. The van der Waals surface area contributed by atoms with Crippen molar-refractivity contribution in [2.24, 2.45) is 11.7 Å². The lowest BCUT2D eigenvalue weighted by Gasteiger charge is -2.18. The van der Waals surface area contributed by atoms with Crippen LogP contribution in [0.3, 0.4) is 0 Å². The molecular formula is C11H19N3O2S. The molecule has 2 heterocycles. The second-order valence-electron chi connectivity index (χ2n) is 4.67. The predicted octanol–water partition coefficient (Wildman–Crippen LogP) is 0.728. The molecule has 2 N–H and O–H groups in total. The SMILES string of the molecule is CCCn1ccnc1C(N)C1CCS(=O)(=O)C1. The fraction of sp³-hybridized carbons (Fsp3) is 0.727. The molecule has 1 aromatic heterocycles. The van der Waals surface area contributed by atoms with Crippen LogP contribution in [-0.4, -0.2) is 29.5 Å². The Morgan fingerprint density at radius 1 is 1.65 bits per heavy atom. The molecule has 1 fully saturated rings. The minimum Gasteiger partial charge on any atom is -0.334 e. The maximum absolute atomic E-state index is 11.4. The van der Waals surface area contributed by atoms with Crippen molar-refractivity contribution < 1.29 is 8.42 Å². The molecular weight excluding hydrogens is 238 g/mol. The first kappa shape index (κ1) is 12.6. The number of hydrogen-bond acceptors (Lipinski definition) is 4. The molecule has 1 aromatic rings. The van der Waals surface area contributed by atoms with Crippen molar-refractivity contribution in [3.63, 3.8) is 0 Å². The van der Waals surface area contributed by atoms with Crippen LogP contribution in [0.2, 0.25) is 0 Å². The molecule has 1 aliphatic rings. The predicted molar refractivity (Wildman–Crippen MR) is 66.2 cm³/mol. The summed E-state index contributed by atoms with van der Waals surface area (Å²) in [5, 5.41) is 0. The van der Waals surface area contributed by atoms with Crippen LogP contribution in [0.5, 0.6) is 0 Å². The van der Waals surface area contributed by atoms with Crippen LogP contribution in [0, 0.1) is 5.92 Å². The molecule has 2 rings (SSSR count). The third-order valence-corrected chi connectivity index (χ3v) is 5.08. The van der Waals surface area contributed by atoms with Gasteiger partial charge in [0.05, 0.1) is 17.5 Å². The Morgan fingerprint density at radius 2 is 2.41 bits per heavy atom. The summed E-state index contributed by atoms with van der Waals surface area (Å²) in [5.41, 5.74) is 6.15. The van der Waals surface area contributed by atoms with Crippen LogP contribution in [0.1, 0.15) is 31.6 Å². The third kappa shape index (κ3) is 2.69. The van der Waals surface area contributed by atoms with Crippen LogP contribution < -0.4 is 5.73 Å². The van der Waals surface area contributed by atoms with E-state index in [9.17, 15) is 8.42 Å². The first-order chi connectivity index (χ1) is 8.03. The second-order valence-corrected chi connectivity index (χ2v) is 6.90. The topological polar surface area (TPSA) is 78.0 Å². The summed E-state index contributed by atoms with van der Waals surface area (Å²) in [5.74, 6) is 1.29. The molecule has 0 spiro atoms. The molecule has 0 aromatic carbocycles. The number of rotatable bonds is 4. The summed E-state index contributed by atoms with van der Waals surface area (Å²) >= 11 is 0. The van der Waals surface area contributed by atoms with Gasteiger partial charge in [0.25, 0.3) is 0 Å². The first-order valence-electron chi connectivity index (χ1n) is 6.00. The molecule has 0 radical (unpaired) electrons. The molecule has 6 heteroatoms. The lowest BCUT2D eigenvalue weighted by Crippen LogP contribution is -2.26. The summed E-state index contributed by atoms with van der Waals surface area (Å²) in [4.78, 5) is 4.27. The van der Waals surface area contributed by atoms with Crippen LogP contribution in [0.15, 0.2) is 12.4 Å². The third-order valence-electron chi connectivity index (χ3n) is 3.29. The van der Waals surface area contributed by atoms with Crippen molar-refractivity contribution in [3.8, 4) is 0 Å². The number of aromatic nitrogens is 2. The zero-order valence-corrected chi connectivity index (χ0v) is 10.9. The van der Waals surface area contributed by atoms with E-state index < -0.39 is 9.84 Å². The highest BCUT2D eigenvalue weighted by molar-refractivity contribution is 7.91. The van der Waals surface area contributed by atoms with Gasteiger partial charge in [0, 0.05) is 18.9 Å². The monoisotopic (exact) mass is 257 g/mol. The summed E-state index contributed by atoms with van der Waals surface area (Å²) in [6.07, 6.45) is 5.30. The Bertz CT molecular complexity index is 481. The van der Waals surface area contributed by atoms with E-state index in [1.54, 1.807) is 6.20 Å². The van der Waals surface area contributed by atoms with Crippen LogP contribution >= 0.6 is 0 Å². The van der Waals surface area contributed by atoms with Gasteiger partial charge in [-0.15, -0.1) is 0 Å². The van der Waals surface area contributed by atoms with Crippen molar-refractivity contribution >= 4 is 9.84 Å². The molecule has 2 unspecified atom stereocenters. The van der Waals surface area contributed by atoms with Crippen molar-refractivity contribution in [1.29, 1.82) is 0 Å². The van der Waals surface area contributed by atoms with E-state index in [0.717, 1.165) is 18.8 Å². The number of imidazole rings is 1. The number of nitrogens with zero attached hydrogens (tertiary/aromatic N) is 2. The molecule has 0 amide bonds. The average molecular weight is 257 g/mol. The van der Waals surface area contributed by atoms with Crippen molar-refractivity contribution in [3.05, 3.63) is 18.2 Å². The number of sulfone groups is 1. The lowest BCUT2D eigenvalue weighted by molar-refractivity contribution is 0.439. The van der Waals surface area contributed by atoms with E-state index in [2.05, 4.69) is 11.9 Å². The molecule has 0 bridgehead atoms. The minimum absolute atomic E-state index is 0.0120. The van der Waals surface area contributed by atoms with Gasteiger partial charge in [-0.05, 0) is 18.8 Å². The summed E-state index contributed by atoms with van der Waals surface area (Å²) in [6, 6.07) is -0.270. The van der Waals surface area contributed by atoms with Gasteiger partial charge in [-0.25, -0.2) is 13.4 Å². The summed E-state index contributed by atoms with van der Waals surface area (Å²) in [7, 11) is -2.87. The molecule has 1 saturated heterocycles. The van der Waals surface area contributed by atoms with Crippen LogP contribution in [-0.2, 0) is 16.4 Å². The Labute approximate surface area is 102 Å². The molecule has 5 nitrogen and oxygen atoms in total. The van der Waals surface area contributed by atoms with E-state index >= 15 is 0 Å². The Kier molecular flexibility index (Phi) is 3.53. The lowest BCUT2D eigenvalue weighted by atomic mass is 9.99. The highest BCUT2D eigenvalue weighted by Crippen LogP contribution is 2.28. The molecule has 2 atom stereocenters. The van der Waals surface area contributed by atoms with E-state index in [1.807, 2.05) is 10.8 Å². The van der Waals surface area contributed by atoms with E-state index in [0.29, 0.717) is 6.42 Å². The molecule has 0 aliphatic carbocycles. The highest BCUT2D eigenvalue weighted by atomic mass is 32.2. The zero-order chi connectivity index (χ0) is 12.5. The fourth-order valence-corrected chi connectivity index (χ4v) is 4.22. The molecule has 1 aliphatic heterocycles. The smallest absolute Gasteiger partial charge is 0.150 e. The van der Waals surface area contributed by atoms with Gasteiger partial charge in [0.15, 0.2) is 9.84 Å². The largest absolute Gasteiger partial charge is 0.334 e. The maximum atomic E-state index is 11.4. The molecule has 96 valence electrons. The number of hydrogen-bond donors (Lipinski definition) is 1. The van der Waals surface area contributed by atoms with Crippen LogP contribution in [0.25, 0.3) is 0 Å². The van der Waals surface area contributed by atoms with Crippen molar-refractivity contribution in [2.45, 2.75) is 32.4 Å². The van der Waals surface area contributed by atoms with E-state index in [4.69, 9.17) is 5.73 Å². The van der Waals surface area contributed by atoms with Gasteiger partial charge in [-0.3, -0.25) is 0 Å². The number of nitrogens with two attached hydrogens (primary N) is 1. The fourth-order valence-electron chi connectivity index (χ4n) is 2.37. The van der Waals surface area contributed by atoms with Crippen molar-refractivity contribution in [1.82, 2.24) is 9.55 Å². The highest BCUT2D eigenvalue weighted by Gasteiger charge is 2.34. The van der Waals surface area contributed by atoms with Gasteiger partial charge in [0.1, 0.15) is 5.82 Å². The Morgan fingerprint density at radius 3 is 3.00 bits per heavy atom. The Hall–Kier alpha value is -0.880. The summed E-state index contributed by atoms with van der Waals surface area (Å²) in [6.45, 7) is 2.97. The van der Waals surface area contributed by atoms with E-state index in [-0.39, 0.29) is 23.5 Å². The van der Waals surface area contributed by atoms with Gasteiger partial charge in [-0.1, -0.05) is 6.92 Å². The van der Waals surface area contributed by atoms with Gasteiger partial charge >= 0.3 is 0 Å². The van der Waals surface area contributed by atoms with Gasteiger partial charge in [0.2, 0.25) is 0 Å². The summed E-state index contributed by atoms with van der Waals surface area (Å²) < 4.78 is 24.9. The maximum Gasteiger partial charge on any atom is 0.150 e. The quantitative estimate of drug-likeness (QED) is 0.862. The normalized spacial score (nSPS) is 24.9. The average Bonchev–Trinajstić information content (AvgIpc) is 2.84. The second kappa shape index (κ2) is 4.78. The Balaban J connectivity index is 2.14.